The highest BCUT2D eigenvalue weighted by Gasteiger charge is 2.24. The predicted molar refractivity (Wildman–Crippen MR) is 63.9 cm³/mol. The lowest BCUT2D eigenvalue weighted by molar-refractivity contribution is 0.370. The molecular weight excluding hydrogens is 254 g/mol. The van der Waals surface area contributed by atoms with Crippen molar-refractivity contribution in [1.29, 1.82) is 0 Å². The van der Waals surface area contributed by atoms with Crippen molar-refractivity contribution in [2.45, 2.75) is 32.1 Å². The maximum atomic E-state index is 4.17. The van der Waals surface area contributed by atoms with Crippen molar-refractivity contribution in [3.63, 3.8) is 0 Å². The van der Waals surface area contributed by atoms with Crippen molar-refractivity contribution < 1.29 is 0 Å². The lowest BCUT2D eigenvalue weighted by Crippen LogP contribution is -2.16. The highest BCUT2D eigenvalue weighted by molar-refractivity contribution is 9.09. The van der Waals surface area contributed by atoms with Gasteiger partial charge < -0.3 is 0 Å². The molecule has 1 saturated carbocycles. The van der Waals surface area contributed by atoms with E-state index >= 15 is 0 Å². The molecule has 0 radical (unpaired) electrons. The Morgan fingerprint density at radius 2 is 2.27 bits per heavy atom. The predicted octanol–water partition coefficient (Wildman–Crippen LogP) is 2.56. The third-order valence-electron chi connectivity index (χ3n) is 3.39. The van der Waals surface area contributed by atoms with Crippen LogP contribution in [0.5, 0.6) is 0 Å². The standard InChI is InChI=1S/C11H18BrN3/c1-15-8-11(13-14-15)6-10(7-12)9-4-2-3-5-9/h8-10H,2-7H2,1H3. The first-order valence-corrected chi connectivity index (χ1v) is 6.83. The Hall–Kier alpha value is -0.380. The monoisotopic (exact) mass is 271 g/mol. The van der Waals surface area contributed by atoms with Gasteiger partial charge in [-0.3, -0.25) is 4.68 Å². The van der Waals surface area contributed by atoms with Crippen molar-refractivity contribution in [1.82, 2.24) is 15.0 Å². The third-order valence-corrected chi connectivity index (χ3v) is 4.22. The van der Waals surface area contributed by atoms with Crippen LogP contribution >= 0.6 is 15.9 Å². The summed E-state index contributed by atoms with van der Waals surface area (Å²) in [6, 6.07) is 0. The minimum atomic E-state index is 0.740. The second-order valence-corrected chi connectivity index (χ2v) is 5.19. The fourth-order valence-electron chi connectivity index (χ4n) is 2.53. The maximum absolute atomic E-state index is 4.17. The first-order chi connectivity index (χ1) is 7.29. The first kappa shape index (κ1) is 11.1. The van der Waals surface area contributed by atoms with Crippen LogP contribution in [-0.2, 0) is 13.5 Å². The third kappa shape index (κ3) is 2.80. The number of hydrogen-bond donors (Lipinski definition) is 0. The Morgan fingerprint density at radius 1 is 1.53 bits per heavy atom. The van der Waals surface area contributed by atoms with Gasteiger partial charge in [-0.25, -0.2) is 0 Å². The fraction of sp³-hybridized carbons (Fsp3) is 0.818. The molecule has 1 aliphatic rings. The van der Waals surface area contributed by atoms with E-state index in [1.54, 1.807) is 4.68 Å². The van der Waals surface area contributed by atoms with E-state index in [1.165, 1.54) is 25.7 Å². The molecule has 0 aliphatic heterocycles. The summed E-state index contributed by atoms with van der Waals surface area (Å²) in [5, 5.41) is 9.24. The van der Waals surface area contributed by atoms with E-state index in [0.29, 0.717) is 0 Å². The molecule has 1 fully saturated rings. The van der Waals surface area contributed by atoms with E-state index < -0.39 is 0 Å². The van der Waals surface area contributed by atoms with Crippen LogP contribution in [0.25, 0.3) is 0 Å². The minimum absolute atomic E-state index is 0.740. The Bertz CT molecular complexity index is 305. The van der Waals surface area contributed by atoms with Gasteiger partial charge in [0, 0.05) is 18.6 Å². The van der Waals surface area contributed by atoms with Gasteiger partial charge in [-0.15, -0.1) is 5.10 Å². The summed E-state index contributed by atoms with van der Waals surface area (Å²) >= 11 is 3.64. The van der Waals surface area contributed by atoms with E-state index in [-0.39, 0.29) is 0 Å². The number of rotatable bonds is 4. The van der Waals surface area contributed by atoms with Crippen LogP contribution in [0.3, 0.4) is 0 Å². The summed E-state index contributed by atoms with van der Waals surface area (Å²) in [7, 11) is 1.93. The smallest absolute Gasteiger partial charge is 0.0830 e. The average molecular weight is 272 g/mol. The molecule has 1 atom stereocenters. The highest BCUT2D eigenvalue weighted by Crippen LogP contribution is 2.33. The SMILES string of the molecule is Cn1cc(CC(CBr)C2CCCC2)nn1. The molecule has 0 aromatic carbocycles. The number of aromatic nitrogens is 3. The van der Waals surface area contributed by atoms with Crippen LogP contribution < -0.4 is 0 Å². The van der Waals surface area contributed by atoms with E-state index in [9.17, 15) is 0 Å². The Kier molecular flexibility index (Phi) is 3.78. The van der Waals surface area contributed by atoms with E-state index in [0.717, 1.165) is 29.3 Å². The van der Waals surface area contributed by atoms with Gasteiger partial charge >= 0.3 is 0 Å². The summed E-state index contributed by atoms with van der Waals surface area (Å²) in [5.41, 5.74) is 1.13. The molecular formula is C11H18BrN3. The van der Waals surface area contributed by atoms with Gasteiger partial charge in [-0.05, 0) is 18.3 Å². The molecule has 0 amide bonds. The molecule has 1 unspecified atom stereocenters. The Balaban J connectivity index is 1.95. The normalized spacial score (nSPS) is 19.6. The van der Waals surface area contributed by atoms with Crippen LogP contribution in [0.4, 0.5) is 0 Å². The molecule has 0 bridgehead atoms. The summed E-state index contributed by atoms with van der Waals surface area (Å²) < 4.78 is 1.79. The van der Waals surface area contributed by atoms with Crippen LogP contribution in [0.2, 0.25) is 0 Å². The molecule has 0 N–H and O–H groups in total. The summed E-state index contributed by atoms with van der Waals surface area (Å²) in [6.07, 6.45) is 8.73. The number of aryl methyl sites for hydroxylation is 1. The molecule has 15 heavy (non-hydrogen) atoms. The molecule has 1 aliphatic carbocycles. The molecule has 3 nitrogen and oxygen atoms in total. The van der Waals surface area contributed by atoms with Gasteiger partial charge in [-0.2, -0.15) is 0 Å². The summed E-state index contributed by atoms with van der Waals surface area (Å²) in [5.74, 6) is 1.63. The molecule has 84 valence electrons. The number of halogens is 1. The average Bonchev–Trinajstić information content (AvgIpc) is 2.85. The number of alkyl halides is 1. The van der Waals surface area contributed by atoms with Gasteiger partial charge in [0.15, 0.2) is 0 Å². The summed E-state index contributed by atoms with van der Waals surface area (Å²) in [6.45, 7) is 0. The van der Waals surface area contributed by atoms with E-state index in [1.807, 2.05) is 13.2 Å². The lowest BCUT2D eigenvalue weighted by atomic mass is 9.89. The van der Waals surface area contributed by atoms with Crippen LogP contribution in [0, 0.1) is 11.8 Å². The first-order valence-electron chi connectivity index (χ1n) is 5.70. The number of hydrogen-bond acceptors (Lipinski definition) is 2. The minimum Gasteiger partial charge on any atom is -0.255 e. The molecule has 2 rings (SSSR count). The molecule has 1 aromatic rings. The topological polar surface area (TPSA) is 30.7 Å². The van der Waals surface area contributed by atoms with Gasteiger partial charge in [0.2, 0.25) is 0 Å². The van der Waals surface area contributed by atoms with Crippen molar-refractivity contribution in [2.75, 3.05) is 5.33 Å². The van der Waals surface area contributed by atoms with Gasteiger partial charge in [0.1, 0.15) is 0 Å². The van der Waals surface area contributed by atoms with Crippen molar-refractivity contribution >= 4 is 15.9 Å². The zero-order chi connectivity index (χ0) is 10.7. The van der Waals surface area contributed by atoms with Gasteiger partial charge in [-0.1, -0.05) is 46.8 Å². The van der Waals surface area contributed by atoms with Crippen molar-refractivity contribution in [3.05, 3.63) is 11.9 Å². The zero-order valence-corrected chi connectivity index (χ0v) is 10.8. The highest BCUT2D eigenvalue weighted by atomic mass is 79.9. The van der Waals surface area contributed by atoms with Gasteiger partial charge in [0.05, 0.1) is 5.69 Å². The van der Waals surface area contributed by atoms with Gasteiger partial charge in [0.25, 0.3) is 0 Å². The summed E-state index contributed by atoms with van der Waals surface area (Å²) in [4.78, 5) is 0. The van der Waals surface area contributed by atoms with Crippen molar-refractivity contribution in [3.8, 4) is 0 Å². The Morgan fingerprint density at radius 3 is 2.80 bits per heavy atom. The number of nitrogens with zero attached hydrogens (tertiary/aromatic N) is 3. The molecule has 0 saturated heterocycles. The molecule has 4 heteroatoms. The largest absolute Gasteiger partial charge is 0.255 e. The fourth-order valence-corrected chi connectivity index (χ4v) is 3.29. The molecule has 1 heterocycles. The van der Waals surface area contributed by atoms with Crippen LogP contribution in [-0.4, -0.2) is 20.3 Å². The van der Waals surface area contributed by atoms with Crippen molar-refractivity contribution in [2.24, 2.45) is 18.9 Å². The second-order valence-electron chi connectivity index (χ2n) is 4.55. The second kappa shape index (κ2) is 5.10. The van der Waals surface area contributed by atoms with E-state index in [2.05, 4.69) is 26.2 Å². The molecule has 0 spiro atoms. The lowest BCUT2D eigenvalue weighted by Gasteiger charge is -2.19. The zero-order valence-electron chi connectivity index (χ0n) is 9.19. The Labute approximate surface area is 99.4 Å². The molecule has 1 aromatic heterocycles. The van der Waals surface area contributed by atoms with Crippen LogP contribution in [0.1, 0.15) is 31.4 Å². The van der Waals surface area contributed by atoms with E-state index in [4.69, 9.17) is 0 Å². The van der Waals surface area contributed by atoms with Crippen LogP contribution in [0.15, 0.2) is 6.20 Å². The quantitative estimate of drug-likeness (QED) is 0.789. The maximum Gasteiger partial charge on any atom is 0.0830 e.